The van der Waals surface area contributed by atoms with Crippen LogP contribution in [0.1, 0.15) is 18.4 Å². The van der Waals surface area contributed by atoms with Gasteiger partial charge in [0.05, 0.1) is 23.5 Å². The Morgan fingerprint density at radius 3 is 2.16 bits per heavy atom. The van der Waals surface area contributed by atoms with E-state index >= 15 is 0 Å². The molecule has 0 atom stereocenters. The number of benzene rings is 2. The zero-order valence-corrected chi connectivity index (χ0v) is 14.9. The standard InChI is InChI=1S/C19H20N2O3S/c1-24-17-7-9-18(10-8-17)25(22,23)21-13-11-19(15-20,12-14-21)16-5-3-2-4-6-16/h2-10H,11-14H2,1H3. The molecule has 0 unspecified atom stereocenters. The van der Waals surface area contributed by atoms with Crippen LogP contribution in [-0.4, -0.2) is 32.9 Å². The molecule has 0 aliphatic carbocycles. The minimum absolute atomic E-state index is 0.248. The molecule has 0 saturated carbocycles. The first-order valence-corrected chi connectivity index (χ1v) is 9.57. The number of ether oxygens (including phenoxy) is 1. The summed E-state index contributed by atoms with van der Waals surface area (Å²) in [4.78, 5) is 0.248. The van der Waals surface area contributed by atoms with E-state index in [1.54, 1.807) is 31.4 Å². The van der Waals surface area contributed by atoms with Crippen molar-refractivity contribution in [3.63, 3.8) is 0 Å². The zero-order chi connectivity index (χ0) is 17.9. The van der Waals surface area contributed by atoms with E-state index in [9.17, 15) is 13.7 Å². The fraction of sp³-hybridized carbons (Fsp3) is 0.316. The third-order valence-corrected chi connectivity index (χ3v) is 6.73. The van der Waals surface area contributed by atoms with Crippen LogP contribution in [0.25, 0.3) is 0 Å². The Balaban J connectivity index is 1.80. The fourth-order valence-electron chi connectivity index (χ4n) is 3.23. The number of hydrogen-bond donors (Lipinski definition) is 0. The molecule has 5 nitrogen and oxygen atoms in total. The Labute approximate surface area is 148 Å². The summed E-state index contributed by atoms with van der Waals surface area (Å²) >= 11 is 0. The van der Waals surface area contributed by atoms with Gasteiger partial charge in [0.15, 0.2) is 0 Å². The molecular weight excluding hydrogens is 336 g/mol. The van der Waals surface area contributed by atoms with Crippen LogP contribution in [-0.2, 0) is 15.4 Å². The maximum absolute atomic E-state index is 12.8. The normalized spacial score (nSPS) is 17.6. The molecule has 1 aliphatic heterocycles. The molecule has 25 heavy (non-hydrogen) atoms. The van der Waals surface area contributed by atoms with E-state index in [-0.39, 0.29) is 4.90 Å². The number of nitriles is 1. The molecule has 1 heterocycles. The minimum Gasteiger partial charge on any atom is -0.497 e. The first kappa shape index (κ1) is 17.5. The van der Waals surface area contributed by atoms with Crippen LogP contribution in [0.3, 0.4) is 0 Å². The van der Waals surface area contributed by atoms with Gasteiger partial charge >= 0.3 is 0 Å². The molecular formula is C19H20N2O3S. The Kier molecular flexibility index (Phi) is 4.80. The number of sulfonamides is 1. The molecule has 1 saturated heterocycles. The average Bonchev–Trinajstić information content (AvgIpc) is 2.68. The molecule has 3 rings (SSSR count). The van der Waals surface area contributed by atoms with Gasteiger partial charge < -0.3 is 4.74 Å². The highest BCUT2D eigenvalue weighted by Crippen LogP contribution is 2.36. The minimum atomic E-state index is -3.56. The second-order valence-corrected chi connectivity index (χ2v) is 8.08. The number of hydrogen-bond acceptors (Lipinski definition) is 4. The van der Waals surface area contributed by atoms with Crippen LogP contribution in [0.4, 0.5) is 0 Å². The maximum Gasteiger partial charge on any atom is 0.243 e. The van der Waals surface area contributed by atoms with Gasteiger partial charge in [-0.3, -0.25) is 0 Å². The van der Waals surface area contributed by atoms with Crippen LogP contribution in [0.2, 0.25) is 0 Å². The monoisotopic (exact) mass is 356 g/mol. The van der Waals surface area contributed by atoms with Crippen molar-refractivity contribution in [2.75, 3.05) is 20.2 Å². The van der Waals surface area contributed by atoms with Crippen molar-refractivity contribution in [3.05, 3.63) is 60.2 Å². The lowest BCUT2D eigenvalue weighted by atomic mass is 9.74. The van der Waals surface area contributed by atoms with Crippen molar-refractivity contribution < 1.29 is 13.2 Å². The molecule has 0 bridgehead atoms. The zero-order valence-electron chi connectivity index (χ0n) is 14.1. The summed E-state index contributed by atoms with van der Waals surface area (Å²) < 4.78 is 32.2. The summed E-state index contributed by atoms with van der Waals surface area (Å²) in [5.41, 5.74) is 0.340. The van der Waals surface area contributed by atoms with Crippen molar-refractivity contribution in [3.8, 4) is 11.8 Å². The third kappa shape index (κ3) is 3.26. The number of rotatable bonds is 4. The summed E-state index contributed by atoms with van der Waals surface area (Å²) in [5.74, 6) is 0.616. The molecule has 1 fully saturated rings. The lowest BCUT2D eigenvalue weighted by Gasteiger charge is -2.36. The molecule has 0 amide bonds. The summed E-state index contributed by atoms with van der Waals surface area (Å²) in [6, 6.07) is 18.4. The lowest BCUT2D eigenvalue weighted by molar-refractivity contribution is 0.277. The molecule has 2 aromatic rings. The van der Waals surface area contributed by atoms with Gasteiger partial charge in [-0.1, -0.05) is 30.3 Å². The highest BCUT2D eigenvalue weighted by molar-refractivity contribution is 7.89. The van der Waals surface area contributed by atoms with Gasteiger partial charge in [-0.05, 0) is 42.7 Å². The van der Waals surface area contributed by atoms with E-state index in [1.165, 1.54) is 4.31 Å². The van der Waals surface area contributed by atoms with Gasteiger partial charge in [0.25, 0.3) is 0 Å². The Morgan fingerprint density at radius 1 is 1.04 bits per heavy atom. The van der Waals surface area contributed by atoms with Crippen molar-refractivity contribution >= 4 is 10.0 Å². The van der Waals surface area contributed by atoms with Crippen LogP contribution < -0.4 is 4.74 Å². The molecule has 1 aliphatic rings. The highest BCUT2D eigenvalue weighted by atomic mass is 32.2. The largest absolute Gasteiger partial charge is 0.497 e. The van der Waals surface area contributed by atoms with Gasteiger partial charge in [-0.25, -0.2) is 8.42 Å². The summed E-state index contributed by atoms with van der Waals surface area (Å²) in [6.45, 7) is 0.660. The maximum atomic E-state index is 12.8. The fourth-order valence-corrected chi connectivity index (χ4v) is 4.67. The lowest BCUT2D eigenvalue weighted by Crippen LogP contribution is -2.44. The van der Waals surface area contributed by atoms with Gasteiger partial charge in [0, 0.05) is 13.1 Å². The molecule has 6 heteroatoms. The van der Waals surface area contributed by atoms with Crippen molar-refractivity contribution in [1.29, 1.82) is 5.26 Å². The highest BCUT2D eigenvalue weighted by Gasteiger charge is 2.39. The number of nitrogens with zero attached hydrogens (tertiary/aromatic N) is 2. The first-order valence-electron chi connectivity index (χ1n) is 8.13. The molecule has 130 valence electrons. The van der Waals surface area contributed by atoms with E-state index in [0.29, 0.717) is 31.7 Å². The van der Waals surface area contributed by atoms with Crippen LogP contribution in [0.15, 0.2) is 59.5 Å². The van der Waals surface area contributed by atoms with Crippen LogP contribution in [0.5, 0.6) is 5.75 Å². The van der Waals surface area contributed by atoms with E-state index in [0.717, 1.165) is 5.56 Å². The number of piperidine rings is 1. The molecule has 0 spiro atoms. The summed E-state index contributed by atoms with van der Waals surface area (Å²) in [5, 5.41) is 9.73. The topological polar surface area (TPSA) is 70.4 Å². The molecule has 0 N–H and O–H groups in total. The second-order valence-electron chi connectivity index (χ2n) is 6.14. The van der Waals surface area contributed by atoms with Gasteiger partial charge in [0.2, 0.25) is 10.0 Å². The Bertz CT molecular complexity index is 863. The van der Waals surface area contributed by atoms with E-state index in [2.05, 4.69) is 6.07 Å². The second kappa shape index (κ2) is 6.87. The van der Waals surface area contributed by atoms with Gasteiger partial charge in [0.1, 0.15) is 5.75 Å². The van der Waals surface area contributed by atoms with Crippen molar-refractivity contribution in [2.45, 2.75) is 23.2 Å². The summed E-state index contributed by atoms with van der Waals surface area (Å²) in [6.07, 6.45) is 0.978. The van der Waals surface area contributed by atoms with Gasteiger partial charge in [-0.2, -0.15) is 9.57 Å². The van der Waals surface area contributed by atoms with Crippen LogP contribution in [0, 0.1) is 11.3 Å². The quantitative estimate of drug-likeness (QED) is 0.844. The smallest absolute Gasteiger partial charge is 0.243 e. The Hall–Kier alpha value is -2.36. The average molecular weight is 356 g/mol. The third-order valence-electron chi connectivity index (χ3n) is 4.81. The van der Waals surface area contributed by atoms with Crippen LogP contribution >= 0.6 is 0 Å². The van der Waals surface area contributed by atoms with Gasteiger partial charge in [-0.15, -0.1) is 0 Å². The predicted octanol–water partition coefficient (Wildman–Crippen LogP) is 2.94. The molecule has 2 aromatic carbocycles. The first-order chi connectivity index (χ1) is 12.0. The van der Waals surface area contributed by atoms with Crippen molar-refractivity contribution in [1.82, 2.24) is 4.31 Å². The van der Waals surface area contributed by atoms with E-state index < -0.39 is 15.4 Å². The van der Waals surface area contributed by atoms with E-state index in [1.807, 2.05) is 30.3 Å². The predicted molar refractivity (Wildman–Crippen MR) is 94.7 cm³/mol. The molecule has 0 aromatic heterocycles. The Morgan fingerprint density at radius 2 is 1.64 bits per heavy atom. The number of methoxy groups -OCH3 is 1. The summed E-state index contributed by atoms with van der Waals surface area (Å²) in [7, 11) is -2.02. The SMILES string of the molecule is COc1ccc(S(=O)(=O)N2CCC(C#N)(c3ccccc3)CC2)cc1. The molecule has 0 radical (unpaired) electrons. The van der Waals surface area contributed by atoms with Crippen molar-refractivity contribution in [2.24, 2.45) is 0 Å². The van der Waals surface area contributed by atoms with E-state index in [4.69, 9.17) is 4.74 Å².